The van der Waals surface area contributed by atoms with Gasteiger partial charge in [0, 0.05) is 27.6 Å². The van der Waals surface area contributed by atoms with Crippen LogP contribution in [0.15, 0.2) is 47.9 Å². The number of aliphatic carboxylic acids is 1. The zero-order valence-electron chi connectivity index (χ0n) is 21.1. The van der Waals surface area contributed by atoms with E-state index in [1.807, 2.05) is 17.5 Å². The molecule has 0 fully saturated rings. The standard InChI is InChI=1S/C25H24O8S.Na.H/c1-29-20-13-19(33-14-24(27)28)15(10-17(20)23-6-5-9-34-23)7-8-18(26)16-11-21(30-2)25(32-4)22(12-16)31-3;;/h5-13H,14H2,1-4H3,(H,27,28);;/q;+1;-1. The van der Waals surface area contributed by atoms with E-state index in [2.05, 4.69) is 0 Å². The first-order valence-electron chi connectivity index (χ1n) is 10.0. The van der Waals surface area contributed by atoms with Crippen LogP contribution in [0.25, 0.3) is 16.5 Å². The third-order valence-corrected chi connectivity index (χ3v) is 5.74. The minimum Gasteiger partial charge on any atom is -1.00 e. The summed E-state index contributed by atoms with van der Waals surface area (Å²) < 4.78 is 26.9. The van der Waals surface area contributed by atoms with E-state index >= 15 is 0 Å². The van der Waals surface area contributed by atoms with Gasteiger partial charge in [-0.2, -0.15) is 0 Å². The first-order chi connectivity index (χ1) is 16.4. The Balaban J connectivity index is 0.00000324. The molecular formula is C25H25NaO8S. The Morgan fingerprint density at radius 3 is 2.11 bits per heavy atom. The maximum Gasteiger partial charge on any atom is 1.00 e. The fourth-order valence-electron chi connectivity index (χ4n) is 3.25. The quantitative estimate of drug-likeness (QED) is 0.238. The Morgan fingerprint density at radius 1 is 0.943 bits per heavy atom. The molecule has 180 valence electrons. The SMILES string of the molecule is COc1cc(OCC(=O)O)c(C=CC(=O)c2cc(OC)c(OC)c(OC)c2)cc1-c1cccs1.[H-].[Na+]. The maximum atomic E-state index is 13.0. The van der Waals surface area contributed by atoms with Gasteiger partial charge in [0.1, 0.15) is 11.5 Å². The minimum absolute atomic E-state index is 0. The van der Waals surface area contributed by atoms with Crippen molar-refractivity contribution in [3.8, 4) is 39.2 Å². The van der Waals surface area contributed by atoms with E-state index in [0.717, 1.165) is 10.4 Å². The van der Waals surface area contributed by atoms with Crippen LogP contribution in [0.3, 0.4) is 0 Å². The number of benzene rings is 2. The molecule has 0 saturated carbocycles. The molecule has 3 aromatic rings. The molecule has 0 aliphatic carbocycles. The van der Waals surface area contributed by atoms with Crippen LogP contribution in [-0.2, 0) is 4.79 Å². The van der Waals surface area contributed by atoms with E-state index in [4.69, 9.17) is 28.8 Å². The zero-order chi connectivity index (χ0) is 24.7. The van der Waals surface area contributed by atoms with Crippen molar-refractivity contribution < 1.29 is 69.4 Å². The molecular weight excluding hydrogens is 483 g/mol. The fourth-order valence-corrected chi connectivity index (χ4v) is 4.00. The van der Waals surface area contributed by atoms with E-state index < -0.39 is 12.6 Å². The van der Waals surface area contributed by atoms with Crippen LogP contribution < -0.4 is 53.2 Å². The first-order valence-corrected chi connectivity index (χ1v) is 10.9. The third-order valence-electron chi connectivity index (χ3n) is 4.83. The summed E-state index contributed by atoms with van der Waals surface area (Å²) in [4.78, 5) is 25.0. The predicted molar refractivity (Wildman–Crippen MR) is 130 cm³/mol. The number of thiophene rings is 1. The third kappa shape index (κ3) is 6.79. The van der Waals surface area contributed by atoms with Crippen LogP contribution in [0.5, 0.6) is 28.7 Å². The van der Waals surface area contributed by atoms with Crippen LogP contribution >= 0.6 is 11.3 Å². The van der Waals surface area contributed by atoms with E-state index in [1.54, 1.807) is 30.3 Å². The molecule has 8 nitrogen and oxygen atoms in total. The molecule has 1 N–H and O–H groups in total. The fraction of sp³-hybridized carbons (Fsp3) is 0.200. The molecule has 1 heterocycles. The number of hydrogen-bond donors (Lipinski definition) is 1. The molecule has 10 heteroatoms. The van der Waals surface area contributed by atoms with E-state index in [9.17, 15) is 9.59 Å². The Kier molecular flexibility index (Phi) is 10.7. The zero-order valence-corrected chi connectivity index (χ0v) is 22.9. The van der Waals surface area contributed by atoms with Gasteiger partial charge in [0.15, 0.2) is 23.9 Å². The van der Waals surface area contributed by atoms with Crippen molar-refractivity contribution in [2.45, 2.75) is 0 Å². The maximum absolute atomic E-state index is 13.0. The molecule has 35 heavy (non-hydrogen) atoms. The molecule has 0 radical (unpaired) electrons. The number of ether oxygens (including phenoxy) is 5. The summed E-state index contributed by atoms with van der Waals surface area (Å²) in [6, 6.07) is 10.4. The van der Waals surface area contributed by atoms with Gasteiger partial charge in [-0.3, -0.25) is 4.79 Å². The van der Waals surface area contributed by atoms with Crippen molar-refractivity contribution in [1.29, 1.82) is 0 Å². The van der Waals surface area contributed by atoms with Gasteiger partial charge >= 0.3 is 35.5 Å². The number of carbonyl (C=O) groups is 2. The van der Waals surface area contributed by atoms with Crippen LogP contribution in [-0.4, -0.2) is 51.9 Å². The van der Waals surface area contributed by atoms with E-state index in [0.29, 0.717) is 34.1 Å². The van der Waals surface area contributed by atoms with Gasteiger partial charge in [0.25, 0.3) is 0 Å². The summed E-state index contributed by atoms with van der Waals surface area (Å²) in [5.41, 5.74) is 1.64. The van der Waals surface area contributed by atoms with Crippen LogP contribution in [0, 0.1) is 0 Å². The molecule has 0 bridgehead atoms. The Labute approximate surface area is 230 Å². The number of carbonyl (C=O) groups excluding carboxylic acids is 1. The topological polar surface area (TPSA) is 101 Å². The van der Waals surface area contributed by atoms with E-state index in [-0.39, 0.29) is 42.5 Å². The van der Waals surface area contributed by atoms with Crippen LogP contribution in [0.1, 0.15) is 17.3 Å². The molecule has 2 aromatic carbocycles. The van der Waals surface area contributed by atoms with E-state index in [1.165, 1.54) is 45.9 Å². The second kappa shape index (κ2) is 13.2. The molecule has 1 aromatic heterocycles. The first kappa shape index (κ1) is 28.3. The molecule has 0 spiro atoms. The second-order valence-electron chi connectivity index (χ2n) is 6.86. The number of carboxylic acid groups (broad SMARTS) is 1. The van der Waals surface area contributed by atoms with Gasteiger partial charge in [0.05, 0.1) is 28.4 Å². The number of carboxylic acids is 1. The predicted octanol–water partition coefficient (Wildman–Crippen LogP) is 1.93. The van der Waals surface area contributed by atoms with Crippen LogP contribution in [0.2, 0.25) is 0 Å². The summed E-state index contributed by atoms with van der Waals surface area (Å²) in [6.45, 7) is -0.539. The van der Waals surface area contributed by atoms with Gasteiger partial charge in [0.2, 0.25) is 5.75 Å². The molecule has 0 aliphatic heterocycles. The monoisotopic (exact) mass is 508 g/mol. The van der Waals surface area contributed by atoms with Gasteiger partial charge in [-0.05, 0) is 41.8 Å². The molecule has 0 atom stereocenters. The van der Waals surface area contributed by atoms with Gasteiger partial charge < -0.3 is 30.2 Å². The number of ketones is 1. The molecule has 3 rings (SSSR count). The van der Waals surface area contributed by atoms with Gasteiger partial charge in [-0.15, -0.1) is 11.3 Å². The second-order valence-corrected chi connectivity index (χ2v) is 7.81. The van der Waals surface area contributed by atoms with Crippen molar-refractivity contribution >= 4 is 29.2 Å². The molecule has 0 amide bonds. The molecule has 0 aliphatic rings. The number of hydrogen-bond acceptors (Lipinski definition) is 8. The summed E-state index contributed by atoms with van der Waals surface area (Å²) in [6.07, 6.45) is 2.94. The van der Waals surface area contributed by atoms with Crippen molar-refractivity contribution in [2.24, 2.45) is 0 Å². The Hall–Kier alpha value is -2.98. The van der Waals surface area contributed by atoms with Crippen molar-refractivity contribution in [3.63, 3.8) is 0 Å². The largest absolute Gasteiger partial charge is 1.00 e. The Morgan fingerprint density at radius 2 is 1.60 bits per heavy atom. The van der Waals surface area contributed by atoms with Gasteiger partial charge in [-0.25, -0.2) is 4.79 Å². The average molecular weight is 509 g/mol. The van der Waals surface area contributed by atoms with Crippen LogP contribution in [0.4, 0.5) is 0 Å². The summed E-state index contributed by atoms with van der Waals surface area (Å²) in [5, 5.41) is 11.0. The Bertz CT molecular complexity index is 1190. The molecule has 0 unspecified atom stereocenters. The normalized spacial score (nSPS) is 10.4. The van der Waals surface area contributed by atoms with Crippen molar-refractivity contribution in [1.82, 2.24) is 0 Å². The number of methoxy groups -OCH3 is 4. The van der Waals surface area contributed by atoms with Crippen molar-refractivity contribution in [2.75, 3.05) is 35.0 Å². The number of allylic oxidation sites excluding steroid dienone is 1. The molecule has 0 saturated heterocycles. The summed E-state index contributed by atoms with van der Waals surface area (Å²) in [5.74, 6) is 0.443. The number of rotatable bonds is 11. The smallest absolute Gasteiger partial charge is 1.00 e. The summed E-state index contributed by atoms with van der Waals surface area (Å²) in [7, 11) is 5.94. The summed E-state index contributed by atoms with van der Waals surface area (Å²) >= 11 is 1.53. The average Bonchev–Trinajstić information content (AvgIpc) is 3.39. The van der Waals surface area contributed by atoms with Gasteiger partial charge in [-0.1, -0.05) is 6.07 Å². The van der Waals surface area contributed by atoms with Crippen molar-refractivity contribution in [3.05, 3.63) is 59.0 Å². The minimum atomic E-state index is -1.12.